The van der Waals surface area contributed by atoms with E-state index in [4.69, 9.17) is 9.47 Å². The largest absolute Gasteiger partial charge is 0.378 e. The average Bonchev–Trinajstić information content (AvgIpc) is 2.48. The molecule has 1 saturated heterocycles. The van der Waals surface area contributed by atoms with Gasteiger partial charge in [-0.25, -0.2) is 0 Å². The number of nitrogens with one attached hydrogen (secondary N) is 1. The molecule has 1 saturated carbocycles. The molecule has 2 aliphatic rings. The lowest BCUT2D eigenvalue weighted by Crippen LogP contribution is -2.41. The average molecular weight is 283 g/mol. The molecule has 2 atom stereocenters. The maximum atomic E-state index is 5.97. The smallest absolute Gasteiger partial charge is 0.0612 e. The molecule has 2 rings (SSSR count). The summed E-state index contributed by atoms with van der Waals surface area (Å²) in [5, 5.41) is 3.68. The van der Waals surface area contributed by atoms with Crippen LogP contribution >= 0.6 is 0 Å². The van der Waals surface area contributed by atoms with E-state index in [-0.39, 0.29) is 0 Å². The van der Waals surface area contributed by atoms with Crippen LogP contribution in [0.25, 0.3) is 0 Å². The highest BCUT2D eigenvalue weighted by Crippen LogP contribution is 2.21. The Labute approximate surface area is 124 Å². The van der Waals surface area contributed by atoms with Crippen LogP contribution in [0.5, 0.6) is 0 Å². The van der Waals surface area contributed by atoms with Gasteiger partial charge in [0.1, 0.15) is 0 Å². The third-order valence-electron chi connectivity index (χ3n) is 4.72. The summed E-state index contributed by atoms with van der Waals surface area (Å²) in [6.45, 7) is 7.44. The van der Waals surface area contributed by atoms with Gasteiger partial charge in [0.05, 0.1) is 12.2 Å². The van der Waals surface area contributed by atoms with Gasteiger partial charge < -0.3 is 14.8 Å². The van der Waals surface area contributed by atoms with Gasteiger partial charge >= 0.3 is 0 Å². The summed E-state index contributed by atoms with van der Waals surface area (Å²) < 4.78 is 11.8. The zero-order chi connectivity index (χ0) is 14.2. The van der Waals surface area contributed by atoms with Crippen LogP contribution in [0.2, 0.25) is 0 Å². The van der Waals surface area contributed by atoms with E-state index in [0.717, 1.165) is 32.6 Å². The molecule has 2 fully saturated rings. The number of hydrogen-bond acceptors (Lipinski definition) is 3. The fourth-order valence-corrected chi connectivity index (χ4v) is 3.34. The van der Waals surface area contributed by atoms with Crippen molar-refractivity contribution in [2.75, 3.05) is 19.8 Å². The molecule has 1 aliphatic heterocycles. The molecule has 1 N–H and O–H groups in total. The van der Waals surface area contributed by atoms with E-state index in [1.165, 1.54) is 38.5 Å². The lowest BCUT2D eigenvalue weighted by Gasteiger charge is -2.32. The summed E-state index contributed by atoms with van der Waals surface area (Å²) in [4.78, 5) is 0. The second kappa shape index (κ2) is 9.01. The van der Waals surface area contributed by atoms with Crippen molar-refractivity contribution in [1.82, 2.24) is 5.32 Å². The van der Waals surface area contributed by atoms with Crippen molar-refractivity contribution < 1.29 is 9.47 Å². The van der Waals surface area contributed by atoms with Gasteiger partial charge in [-0.15, -0.1) is 0 Å². The Balaban J connectivity index is 1.50. The van der Waals surface area contributed by atoms with Crippen molar-refractivity contribution in [2.24, 2.45) is 5.92 Å². The topological polar surface area (TPSA) is 30.5 Å². The third kappa shape index (κ3) is 5.71. The fourth-order valence-electron chi connectivity index (χ4n) is 3.34. The Morgan fingerprint density at radius 2 is 1.95 bits per heavy atom. The molecule has 1 aliphatic carbocycles. The van der Waals surface area contributed by atoms with Crippen molar-refractivity contribution in [1.29, 1.82) is 0 Å². The first kappa shape index (κ1) is 16.3. The summed E-state index contributed by atoms with van der Waals surface area (Å²) in [5.41, 5.74) is 0. The van der Waals surface area contributed by atoms with Gasteiger partial charge in [-0.2, -0.15) is 0 Å². The van der Waals surface area contributed by atoms with Crippen molar-refractivity contribution in [2.45, 2.75) is 83.5 Å². The summed E-state index contributed by atoms with van der Waals surface area (Å²) in [7, 11) is 0. The molecule has 2 unspecified atom stereocenters. The Bertz CT molecular complexity index is 251. The van der Waals surface area contributed by atoms with Crippen LogP contribution < -0.4 is 5.32 Å². The van der Waals surface area contributed by atoms with Crippen molar-refractivity contribution in [3.63, 3.8) is 0 Å². The summed E-state index contributed by atoms with van der Waals surface area (Å²) in [5.74, 6) is 0.634. The van der Waals surface area contributed by atoms with Gasteiger partial charge in [0, 0.05) is 19.3 Å². The van der Waals surface area contributed by atoms with E-state index in [9.17, 15) is 0 Å². The van der Waals surface area contributed by atoms with Crippen LogP contribution in [-0.2, 0) is 9.47 Å². The molecule has 0 aromatic carbocycles. The molecule has 0 spiro atoms. The second-order valence-corrected chi connectivity index (χ2v) is 6.81. The molecule has 0 amide bonds. The molecule has 1 heterocycles. The molecule has 0 radical (unpaired) electrons. The fraction of sp³-hybridized carbons (Fsp3) is 1.00. The molecule has 3 heteroatoms. The number of hydrogen-bond donors (Lipinski definition) is 1. The lowest BCUT2D eigenvalue weighted by atomic mass is 9.95. The minimum atomic E-state index is 0.444. The van der Waals surface area contributed by atoms with Crippen LogP contribution in [0.15, 0.2) is 0 Å². The van der Waals surface area contributed by atoms with Crippen molar-refractivity contribution >= 4 is 0 Å². The van der Waals surface area contributed by atoms with Crippen molar-refractivity contribution in [3.8, 4) is 0 Å². The number of ether oxygens (including phenoxy) is 2. The van der Waals surface area contributed by atoms with Gasteiger partial charge in [-0.1, -0.05) is 33.1 Å². The minimum absolute atomic E-state index is 0.444. The number of rotatable bonds is 7. The molecule has 0 aromatic rings. The Kier molecular flexibility index (Phi) is 7.32. The van der Waals surface area contributed by atoms with E-state index in [1.807, 2.05) is 0 Å². The second-order valence-electron chi connectivity index (χ2n) is 6.81. The first-order valence-electron chi connectivity index (χ1n) is 8.72. The zero-order valence-corrected chi connectivity index (χ0v) is 13.4. The van der Waals surface area contributed by atoms with E-state index < -0.39 is 0 Å². The first-order valence-corrected chi connectivity index (χ1v) is 8.72. The maximum absolute atomic E-state index is 5.97. The Morgan fingerprint density at radius 3 is 2.70 bits per heavy atom. The van der Waals surface area contributed by atoms with Gasteiger partial charge in [-0.3, -0.25) is 0 Å². The summed E-state index contributed by atoms with van der Waals surface area (Å²) in [6.07, 6.45) is 11.2. The molecular formula is C17H33NO2. The van der Waals surface area contributed by atoms with Gasteiger partial charge in [0.15, 0.2) is 0 Å². The van der Waals surface area contributed by atoms with Crippen molar-refractivity contribution in [3.05, 3.63) is 0 Å². The zero-order valence-electron chi connectivity index (χ0n) is 13.4. The van der Waals surface area contributed by atoms with Crippen LogP contribution in [0.3, 0.4) is 0 Å². The molecule has 0 bridgehead atoms. The van der Waals surface area contributed by atoms with Crippen LogP contribution in [0, 0.1) is 5.92 Å². The maximum Gasteiger partial charge on any atom is 0.0612 e. The molecule has 118 valence electrons. The van der Waals surface area contributed by atoms with Crippen LogP contribution in [0.1, 0.15) is 65.2 Å². The lowest BCUT2D eigenvalue weighted by molar-refractivity contribution is -0.0249. The van der Waals surface area contributed by atoms with Crippen LogP contribution in [-0.4, -0.2) is 38.0 Å². The monoisotopic (exact) mass is 283 g/mol. The molecule has 0 aromatic heterocycles. The quantitative estimate of drug-likeness (QED) is 0.725. The summed E-state index contributed by atoms with van der Waals surface area (Å²) in [6, 6.07) is 0.644. The van der Waals surface area contributed by atoms with E-state index in [2.05, 4.69) is 19.2 Å². The predicted molar refractivity (Wildman–Crippen MR) is 83.0 cm³/mol. The normalized spacial score (nSPS) is 28.9. The van der Waals surface area contributed by atoms with Gasteiger partial charge in [-0.05, 0) is 44.6 Å². The van der Waals surface area contributed by atoms with E-state index >= 15 is 0 Å². The molecule has 20 heavy (non-hydrogen) atoms. The molecular weight excluding hydrogens is 250 g/mol. The Hall–Kier alpha value is -0.120. The van der Waals surface area contributed by atoms with Gasteiger partial charge in [0.25, 0.3) is 0 Å². The minimum Gasteiger partial charge on any atom is -0.378 e. The third-order valence-corrected chi connectivity index (χ3v) is 4.72. The standard InChI is InChI=1S/C17H33NO2/c1-14(2)17-13-15(9-12-20-17)18-10-6-11-19-16-7-4-3-5-8-16/h14-18H,3-13H2,1-2H3. The Morgan fingerprint density at radius 1 is 1.15 bits per heavy atom. The highest BCUT2D eigenvalue weighted by Gasteiger charge is 2.24. The van der Waals surface area contributed by atoms with E-state index in [0.29, 0.717) is 24.2 Å². The highest BCUT2D eigenvalue weighted by atomic mass is 16.5. The first-order chi connectivity index (χ1) is 9.75. The SMILES string of the molecule is CC(C)C1CC(NCCCOC2CCCCC2)CCO1. The van der Waals surface area contributed by atoms with Gasteiger partial charge in [0.2, 0.25) is 0 Å². The van der Waals surface area contributed by atoms with E-state index in [1.54, 1.807) is 0 Å². The highest BCUT2D eigenvalue weighted by molar-refractivity contribution is 4.78. The summed E-state index contributed by atoms with van der Waals surface area (Å²) >= 11 is 0. The molecule has 3 nitrogen and oxygen atoms in total. The van der Waals surface area contributed by atoms with Crippen LogP contribution in [0.4, 0.5) is 0 Å². The predicted octanol–water partition coefficient (Wildman–Crippen LogP) is 3.52.